The Morgan fingerprint density at radius 1 is 1.67 bits per heavy atom. The molecular formula is C11H19N5O2. The van der Waals surface area contributed by atoms with E-state index < -0.39 is 5.41 Å². The molecule has 100 valence electrons. The topological polar surface area (TPSA) is 106 Å². The number of carbonyl (C=O) groups excluding carboxylic acids is 1. The summed E-state index contributed by atoms with van der Waals surface area (Å²) in [5.41, 5.74) is 4.51. The highest BCUT2D eigenvalue weighted by Crippen LogP contribution is 2.23. The van der Waals surface area contributed by atoms with Crippen molar-refractivity contribution in [1.29, 1.82) is 0 Å². The Hall–Kier alpha value is -2.05. The van der Waals surface area contributed by atoms with Gasteiger partial charge in [-0.05, 0) is 20.3 Å². The number of nitrogens with two attached hydrogens (primary N) is 1. The van der Waals surface area contributed by atoms with Gasteiger partial charge in [0.25, 0.3) is 0 Å². The minimum Gasteiger partial charge on any atom is -0.409 e. The minimum atomic E-state index is -1.05. The first-order valence-corrected chi connectivity index (χ1v) is 5.80. The molecule has 0 aliphatic rings. The highest BCUT2D eigenvalue weighted by atomic mass is 16.4. The predicted molar refractivity (Wildman–Crippen MR) is 68.3 cm³/mol. The molecule has 0 saturated heterocycles. The average Bonchev–Trinajstić information content (AvgIpc) is 2.84. The summed E-state index contributed by atoms with van der Waals surface area (Å²) < 4.78 is 1.70. The minimum absolute atomic E-state index is 0.113. The second-order valence-electron chi connectivity index (χ2n) is 4.18. The molecule has 0 radical (unpaired) electrons. The van der Waals surface area contributed by atoms with Crippen molar-refractivity contribution in [2.24, 2.45) is 16.3 Å². The van der Waals surface area contributed by atoms with Crippen LogP contribution in [0.25, 0.3) is 0 Å². The summed E-state index contributed by atoms with van der Waals surface area (Å²) in [7, 11) is 0. The molecular weight excluding hydrogens is 234 g/mol. The molecule has 1 rings (SSSR count). The van der Waals surface area contributed by atoms with Crippen LogP contribution in [0.1, 0.15) is 27.2 Å². The number of oxime groups is 1. The molecule has 0 saturated carbocycles. The van der Waals surface area contributed by atoms with Crippen molar-refractivity contribution in [2.45, 2.75) is 33.7 Å². The van der Waals surface area contributed by atoms with Crippen LogP contribution in [0.5, 0.6) is 0 Å². The van der Waals surface area contributed by atoms with Crippen molar-refractivity contribution in [3.05, 3.63) is 12.3 Å². The van der Waals surface area contributed by atoms with Gasteiger partial charge in [-0.25, -0.2) is 0 Å². The maximum Gasteiger partial charge on any atom is 0.239 e. The maximum absolute atomic E-state index is 12.1. The third-order valence-electron chi connectivity index (χ3n) is 3.09. The SMILES string of the molecule is CCn1ccc(NC(=O)C(C)(CC)/C(N)=N/O)n1. The third-order valence-corrected chi connectivity index (χ3v) is 3.09. The van der Waals surface area contributed by atoms with E-state index in [1.54, 1.807) is 30.8 Å². The Morgan fingerprint density at radius 3 is 2.78 bits per heavy atom. The molecule has 0 aromatic carbocycles. The molecule has 1 aromatic rings. The second kappa shape index (κ2) is 5.52. The smallest absolute Gasteiger partial charge is 0.239 e. The van der Waals surface area contributed by atoms with Gasteiger partial charge in [0.15, 0.2) is 11.7 Å². The number of amidine groups is 1. The molecule has 4 N–H and O–H groups in total. The van der Waals surface area contributed by atoms with E-state index in [4.69, 9.17) is 10.9 Å². The van der Waals surface area contributed by atoms with Crippen LogP contribution >= 0.6 is 0 Å². The van der Waals surface area contributed by atoms with Gasteiger partial charge in [0.05, 0.1) is 0 Å². The lowest BCUT2D eigenvalue weighted by Gasteiger charge is -2.24. The number of rotatable bonds is 5. The summed E-state index contributed by atoms with van der Waals surface area (Å²) in [5.74, 6) is -0.00802. The van der Waals surface area contributed by atoms with Crippen LogP contribution < -0.4 is 11.1 Å². The van der Waals surface area contributed by atoms with E-state index in [-0.39, 0.29) is 11.7 Å². The lowest BCUT2D eigenvalue weighted by molar-refractivity contribution is -0.121. The Labute approximate surface area is 106 Å². The van der Waals surface area contributed by atoms with E-state index >= 15 is 0 Å². The number of nitrogens with one attached hydrogen (secondary N) is 1. The van der Waals surface area contributed by atoms with Gasteiger partial charge in [-0.15, -0.1) is 0 Å². The molecule has 0 bridgehead atoms. The maximum atomic E-state index is 12.1. The molecule has 0 aliphatic carbocycles. The van der Waals surface area contributed by atoms with E-state index in [2.05, 4.69) is 15.6 Å². The molecule has 18 heavy (non-hydrogen) atoms. The lowest BCUT2D eigenvalue weighted by atomic mass is 9.85. The quantitative estimate of drug-likeness (QED) is 0.315. The Morgan fingerprint density at radius 2 is 2.33 bits per heavy atom. The molecule has 1 amide bonds. The Bertz CT molecular complexity index is 454. The first kappa shape index (κ1) is 14.0. The van der Waals surface area contributed by atoms with Gasteiger partial charge in [-0.3, -0.25) is 9.48 Å². The number of aryl methyl sites for hydroxylation is 1. The van der Waals surface area contributed by atoms with Crippen molar-refractivity contribution in [3.63, 3.8) is 0 Å². The van der Waals surface area contributed by atoms with E-state index in [0.717, 1.165) is 6.54 Å². The van der Waals surface area contributed by atoms with Gasteiger partial charge in [0, 0.05) is 18.8 Å². The van der Waals surface area contributed by atoms with Gasteiger partial charge in [0.2, 0.25) is 5.91 Å². The number of hydrogen-bond donors (Lipinski definition) is 3. The van der Waals surface area contributed by atoms with E-state index in [9.17, 15) is 4.79 Å². The summed E-state index contributed by atoms with van der Waals surface area (Å²) in [6, 6.07) is 1.70. The van der Waals surface area contributed by atoms with E-state index in [1.165, 1.54) is 0 Å². The number of aromatic nitrogens is 2. The first-order chi connectivity index (χ1) is 8.47. The van der Waals surface area contributed by atoms with Crippen molar-refractivity contribution in [3.8, 4) is 0 Å². The molecule has 1 unspecified atom stereocenters. The van der Waals surface area contributed by atoms with Gasteiger partial charge in [-0.2, -0.15) is 5.10 Å². The second-order valence-corrected chi connectivity index (χ2v) is 4.18. The van der Waals surface area contributed by atoms with Crippen LogP contribution in [-0.4, -0.2) is 26.7 Å². The zero-order valence-corrected chi connectivity index (χ0v) is 10.8. The summed E-state index contributed by atoms with van der Waals surface area (Å²) >= 11 is 0. The Kier molecular flexibility index (Phi) is 4.30. The van der Waals surface area contributed by atoms with Crippen molar-refractivity contribution >= 4 is 17.6 Å². The number of nitrogens with zero attached hydrogens (tertiary/aromatic N) is 3. The molecule has 1 atom stereocenters. The fraction of sp³-hybridized carbons (Fsp3) is 0.545. The van der Waals surface area contributed by atoms with Crippen LogP contribution in [0.15, 0.2) is 17.4 Å². The van der Waals surface area contributed by atoms with Gasteiger partial charge < -0.3 is 16.3 Å². The summed E-state index contributed by atoms with van der Waals surface area (Å²) in [5, 5.41) is 18.4. The van der Waals surface area contributed by atoms with Crippen LogP contribution in [0, 0.1) is 5.41 Å². The molecule has 1 aromatic heterocycles. The average molecular weight is 253 g/mol. The molecule has 0 spiro atoms. The van der Waals surface area contributed by atoms with Crippen molar-refractivity contribution in [1.82, 2.24) is 9.78 Å². The normalized spacial score (nSPS) is 15.2. The van der Waals surface area contributed by atoms with Crippen molar-refractivity contribution < 1.29 is 10.0 Å². The number of hydrogen-bond acceptors (Lipinski definition) is 4. The van der Waals surface area contributed by atoms with Gasteiger partial charge in [0.1, 0.15) is 5.41 Å². The van der Waals surface area contributed by atoms with Gasteiger partial charge >= 0.3 is 0 Å². The lowest BCUT2D eigenvalue weighted by Crippen LogP contribution is -2.44. The highest BCUT2D eigenvalue weighted by molar-refractivity contribution is 6.11. The number of amides is 1. The Balaban J connectivity index is 2.86. The van der Waals surface area contributed by atoms with Crippen LogP contribution in [0.4, 0.5) is 5.82 Å². The summed E-state index contributed by atoms with van der Waals surface area (Å²) in [4.78, 5) is 12.1. The van der Waals surface area contributed by atoms with E-state index in [1.807, 2.05) is 6.92 Å². The summed E-state index contributed by atoms with van der Waals surface area (Å²) in [6.07, 6.45) is 2.19. The molecule has 0 fully saturated rings. The fourth-order valence-corrected chi connectivity index (χ4v) is 1.43. The van der Waals surface area contributed by atoms with Gasteiger partial charge in [-0.1, -0.05) is 12.1 Å². The predicted octanol–water partition coefficient (Wildman–Crippen LogP) is 1.00. The van der Waals surface area contributed by atoms with E-state index in [0.29, 0.717) is 12.2 Å². The van der Waals surface area contributed by atoms with Crippen LogP contribution in [0.2, 0.25) is 0 Å². The third kappa shape index (κ3) is 2.61. The zero-order chi connectivity index (χ0) is 13.8. The van der Waals surface area contributed by atoms with Crippen molar-refractivity contribution in [2.75, 3.05) is 5.32 Å². The molecule has 7 heteroatoms. The standard InChI is InChI=1S/C11H19N5O2/c1-4-11(3,9(12)15-18)10(17)13-8-6-7-16(5-2)14-8/h6-7,18H,4-5H2,1-3H3,(H2,12,15)(H,13,14,17). The monoisotopic (exact) mass is 253 g/mol. The largest absolute Gasteiger partial charge is 0.409 e. The fourth-order valence-electron chi connectivity index (χ4n) is 1.43. The summed E-state index contributed by atoms with van der Waals surface area (Å²) in [6.45, 7) is 6.09. The first-order valence-electron chi connectivity index (χ1n) is 5.80. The number of carbonyl (C=O) groups is 1. The van der Waals surface area contributed by atoms with Crippen LogP contribution in [0.3, 0.4) is 0 Å². The van der Waals surface area contributed by atoms with Crippen LogP contribution in [-0.2, 0) is 11.3 Å². The highest BCUT2D eigenvalue weighted by Gasteiger charge is 2.36. The number of anilines is 1. The zero-order valence-electron chi connectivity index (χ0n) is 10.8. The molecule has 7 nitrogen and oxygen atoms in total. The molecule has 1 heterocycles. The molecule has 0 aliphatic heterocycles.